The molecule has 5 nitrogen and oxygen atoms in total. The van der Waals surface area contributed by atoms with Crippen molar-refractivity contribution >= 4 is 11.7 Å². The third-order valence-corrected chi connectivity index (χ3v) is 4.52. The van der Waals surface area contributed by atoms with Crippen molar-refractivity contribution in [1.82, 2.24) is 10.3 Å². The Hall–Kier alpha value is -2.36. The molecule has 7 heteroatoms. The van der Waals surface area contributed by atoms with Gasteiger partial charge >= 0.3 is 0 Å². The molecule has 0 atom stereocenters. The summed E-state index contributed by atoms with van der Waals surface area (Å²) in [5, 5.41) is 11.5. The van der Waals surface area contributed by atoms with Gasteiger partial charge < -0.3 is 5.32 Å². The van der Waals surface area contributed by atoms with E-state index in [1.54, 1.807) is 19.9 Å². The van der Waals surface area contributed by atoms with Crippen molar-refractivity contribution in [2.24, 2.45) is 5.92 Å². The molecular formula is C19H23F2N3O2. The molecule has 1 N–H and O–H groups in total. The number of nitrogens with one attached hydrogen (secondary N) is 1. The second-order valence-corrected chi connectivity index (χ2v) is 7.46. The van der Waals surface area contributed by atoms with E-state index in [1.807, 2.05) is 6.07 Å². The first-order chi connectivity index (χ1) is 12.1. The molecule has 0 aliphatic heterocycles. The SMILES string of the molecule is CC(C)(C#N)NC(=O)c1cc(CC(=O)CC2CCC(F)(F)CC2)ccn1. The highest BCUT2D eigenvalue weighted by molar-refractivity contribution is 5.93. The van der Waals surface area contributed by atoms with Crippen LogP contribution in [0.1, 0.15) is 62.0 Å². The lowest BCUT2D eigenvalue weighted by molar-refractivity contribution is -0.120. The van der Waals surface area contributed by atoms with Crippen molar-refractivity contribution in [1.29, 1.82) is 5.26 Å². The zero-order chi connectivity index (χ0) is 19.4. The Kier molecular flexibility index (Phi) is 6.06. The van der Waals surface area contributed by atoms with E-state index in [4.69, 9.17) is 5.26 Å². The molecule has 1 aromatic heterocycles. The van der Waals surface area contributed by atoms with Crippen LogP contribution in [0.15, 0.2) is 18.3 Å². The van der Waals surface area contributed by atoms with E-state index in [0.717, 1.165) is 0 Å². The van der Waals surface area contributed by atoms with Crippen LogP contribution in [0.4, 0.5) is 8.78 Å². The zero-order valence-corrected chi connectivity index (χ0v) is 15.0. The summed E-state index contributed by atoms with van der Waals surface area (Å²) < 4.78 is 26.4. The summed E-state index contributed by atoms with van der Waals surface area (Å²) in [5.74, 6) is -3.11. The number of carbonyl (C=O) groups is 2. The highest BCUT2D eigenvalue weighted by atomic mass is 19.3. The molecule has 140 valence electrons. The first-order valence-electron chi connectivity index (χ1n) is 8.68. The van der Waals surface area contributed by atoms with Crippen molar-refractivity contribution in [3.63, 3.8) is 0 Å². The smallest absolute Gasteiger partial charge is 0.271 e. The van der Waals surface area contributed by atoms with Crippen LogP contribution in [0.25, 0.3) is 0 Å². The largest absolute Gasteiger partial charge is 0.333 e. The zero-order valence-electron chi connectivity index (χ0n) is 15.0. The topological polar surface area (TPSA) is 82.9 Å². The van der Waals surface area contributed by atoms with Crippen LogP contribution in [-0.4, -0.2) is 28.1 Å². The van der Waals surface area contributed by atoms with Crippen molar-refractivity contribution in [2.75, 3.05) is 0 Å². The summed E-state index contributed by atoms with van der Waals surface area (Å²) in [6.07, 6.45) is 2.28. The Balaban J connectivity index is 1.93. The molecule has 1 aromatic rings. The second-order valence-electron chi connectivity index (χ2n) is 7.46. The normalized spacial score (nSPS) is 17.3. The maximum Gasteiger partial charge on any atom is 0.271 e. The summed E-state index contributed by atoms with van der Waals surface area (Å²) >= 11 is 0. The Morgan fingerprint density at radius 1 is 1.38 bits per heavy atom. The number of carbonyl (C=O) groups excluding carboxylic acids is 2. The van der Waals surface area contributed by atoms with Gasteiger partial charge in [-0.05, 0) is 50.3 Å². The molecule has 0 bridgehead atoms. The molecule has 1 aliphatic carbocycles. The van der Waals surface area contributed by atoms with E-state index < -0.39 is 17.4 Å². The highest BCUT2D eigenvalue weighted by Crippen LogP contribution is 2.37. The highest BCUT2D eigenvalue weighted by Gasteiger charge is 2.35. The maximum absolute atomic E-state index is 13.2. The van der Waals surface area contributed by atoms with E-state index in [2.05, 4.69) is 10.3 Å². The van der Waals surface area contributed by atoms with Crippen LogP contribution < -0.4 is 5.32 Å². The molecule has 0 radical (unpaired) electrons. The Morgan fingerprint density at radius 3 is 2.65 bits per heavy atom. The van der Waals surface area contributed by atoms with Gasteiger partial charge in [0.2, 0.25) is 5.92 Å². The Labute approximate surface area is 151 Å². The van der Waals surface area contributed by atoms with Gasteiger partial charge in [0.05, 0.1) is 6.07 Å². The van der Waals surface area contributed by atoms with E-state index in [9.17, 15) is 18.4 Å². The van der Waals surface area contributed by atoms with Gasteiger partial charge in [0.15, 0.2) is 0 Å². The van der Waals surface area contributed by atoms with Gasteiger partial charge in [-0.1, -0.05) is 0 Å². The summed E-state index contributed by atoms with van der Waals surface area (Å²) in [6, 6.07) is 5.15. The van der Waals surface area contributed by atoms with Gasteiger partial charge in [0.1, 0.15) is 17.0 Å². The van der Waals surface area contributed by atoms with Crippen LogP contribution >= 0.6 is 0 Å². The van der Waals surface area contributed by atoms with Crippen LogP contribution in [0, 0.1) is 17.2 Å². The van der Waals surface area contributed by atoms with Crippen molar-refractivity contribution in [2.45, 2.75) is 63.8 Å². The average Bonchev–Trinajstić information content (AvgIpc) is 2.56. The van der Waals surface area contributed by atoms with Crippen LogP contribution in [0.2, 0.25) is 0 Å². The molecule has 1 amide bonds. The fourth-order valence-electron chi connectivity index (χ4n) is 3.01. The average molecular weight is 363 g/mol. The number of rotatable bonds is 6. The van der Waals surface area contributed by atoms with Crippen molar-refractivity contribution < 1.29 is 18.4 Å². The number of Topliss-reactive ketones (excluding diaryl/α,β-unsaturated/α-hetero) is 1. The molecule has 1 heterocycles. The molecule has 1 saturated carbocycles. The minimum atomic E-state index is -2.59. The number of nitrogens with zero attached hydrogens (tertiary/aromatic N) is 2. The molecule has 0 saturated heterocycles. The number of alkyl halides is 2. The van der Waals surface area contributed by atoms with Crippen LogP contribution in [0.3, 0.4) is 0 Å². The van der Waals surface area contributed by atoms with Crippen LogP contribution in [-0.2, 0) is 11.2 Å². The molecule has 0 spiro atoms. The van der Waals surface area contributed by atoms with E-state index in [1.165, 1.54) is 12.3 Å². The number of nitriles is 1. The molecule has 0 unspecified atom stereocenters. The molecular weight excluding hydrogens is 340 g/mol. The lowest BCUT2D eigenvalue weighted by Crippen LogP contribution is -2.42. The number of amides is 1. The third kappa shape index (κ3) is 5.87. The minimum Gasteiger partial charge on any atom is -0.333 e. The van der Waals surface area contributed by atoms with E-state index in [-0.39, 0.29) is 43.1 Å². The van der Waals surface area contributed by atoms with Gasteiger partial charge in [-0.25, -0.2) is 8.78 Å². The first-order valence-corrected chi connectivity index (χ1v) is 8.68. The number of pyridine rings is 1. The summed E-state index contributed by atoms with van der Waals surface area (Å²) in [6.45, 7) is 3.15. The number of hydrogen-bond donors (Lipinski definition) is 1. The van der Waals surface area contributed by atoms with Gasteiger partial charge in [-0.3, -0.25) is 14.6 Å². The van der Waals surface area contributed by atoms with Crippen molar-refractivity contribution in [3.05, 3.63) is 29.6 Å². The van der Waals surface area contributed by atoms with Gasteiger partial charge in [-0.2, -0.15) is 5.26 Å². The second kappa shape index (κ2) is 7.90. The summed E-state index contributed by atoms with van der Waals surface area (Å²) in [7, 11) is 0. The quantitative estimate of drug-likeness (QED) is 0.839. The lowest BCUT2D eigenvalue weighted by Gasteiger charge is -2.27. The summed E-state index contributed by atoms with van der Waals surface area (Å²) in [4.78, 5) is 28.4. The van der Waals surface area contributed by atoms with Crippen LogP contribution in [0.5, 0.6) is 0 Å². The third-order valence-electron chi connectivity index (χ3n) is 4.52. The van der Waals surface area contributed by atoms with Gasteiger partial charge in [0.25, 0.3) is 5.91 Å². The fourth-order valence-corrected chi connectivity index (χ4v) is 3.01. The number of halogens is 2. The van der Waals surface area contributed by atoms with Gasteiger partial charge in [0, 0.05) is 31.9 Å². The minimum absolute atomic E-state index is 0.00293. The maximum atomic E-state index is 13.2. The van der Waals surface area contributed by atoms with Crippen molar-refractivity contribution in [3.8, 4) is 6.07 Å². The standard InChI is InChI=1S/C19H23F2N3O2/c1-18(2,12-22)24-17(26)16-11-14(5-8-23-16)10-15(25)9-13-3-6-19(20,21)7-4-13/h5,8,11,13H,3-4,6-7,9-10H2,1-2H3,(H,24,26). The number of ketones is 1. The monoisotopic (exact) mass is 363 g/mol. The van der Waals surface area contributed by atoms with E-state index in [0.29, 0.717) is 18.4 Å². The predicted molar refractivity (Wildman–Crippen MR) is 91.6 cm³/mol. The van der Waals surface area contributed by atoms with Gasteiger partial charge in [-0.15, -0.1) is 0 Å². The Bertz CT molecular complexity index is 716. The first kappa shape index (κ1) is 20.0. The number of aromatic nitrogens is 1. The molecule has 0 aromatic carbocycles. The summed E-state index contributed by atoms with van der Waals surface area (Å²) in [5.41, 5.74) is -0.241. The number of hydrogen-bond acceptors (Lipinski definition) is 4. The molecule has 2 rings (SSSR count). The van der Waals surface area contributed by atoms with E-state index >= 15 is 0 Å². The lowest BCUT2D eigenvalue weighted by atomic mass is 9.83. The molecule has 26 heavy (non-hydrogen) atoms. The molecule has 1 fully saturated rings. The predicted octanol–water partition coefficient (Wildman–Crippen LogP) is 3.44. The Morgan fingerprint density at radius 2 is 2.04 bits per heavy atom. The molecule has 1 aliphatic rings. The fraction of sp³-hybridized carbons (Fsp3) is 0.579.